The first kappa shape index (κ1) is 20.1. The molecule has 144 valence electrons. The highest BCUT2D eigenvalue weighted by molar-refractivity contribution is 6.34. The maximum atomic E-state index is 12.7. The van der Waals surface area contributed by atoms with Gasteiger partial charge in [0.05, 0.1) is 22.3 Å². The molecule has 0 aliphatic rings. The van der Waals surface area contributed by atoms with Gasteiger partial charge >= 0.3 is 0 Å². The second kappa shape index (κ2) is 9.00. The Morgan fingerprint density at radius 1 is 1.14 bits per heavy atom. The zero-order valence-corrected chi connectivity index (χ0v) is 16.3. The lowest BCUT2D eigenvalue weighted by molar-refractivity contribution is 0.0785. The summed E-state index contributed by atoms with van der Waals surface area (Å²) in [5.74, 6) is -0.639. The molecule has 0 spiro atoms. The monoisotopic (exact) mass is 404 g/mol. The molecule has 0 saturated carbocycles. The molecule has 7 heteroatoms. The summed E-state index contributed by atoms with van der Waals surface area (Å²) in [5.41, 5.74) is 2.18. The number of anilines is 1. The van der Waals surface area contributed by atoms with Crippen LogP contribution < -0.4 is 5.32 Å². The number of amides is 2. The summed E-state index contributed by atoms with van der Waals surface area (Å²) in [7, 11) is 1.65. The molecule has 2 amide bonds. The van der Waals surface area contributed by atoms with Crippen LogP contribution in [0.3, 0.4) is 0 Å². The molecule has 2 aromatic carbocycles. The molecule has 0 radical (unpaired) electrons. The van der Waals surface area contributed by atoms with Gasteiger partial charge in [-0.3, -0.25) is 14.6 Å². The van der Waals surface area contributed by atoms with E-state index in [0.29, 0.717) is 27.4 Å². The van der Waals surface area contributed by atoms with E-state index in [9.17, 15) is 9.59 Å². The Kier molecular flexibility index (Phi) is 6.22. The Bertz CT molecular complexity index is 1090. The number of aromatic nitrogens is 1. The van der Waals surface area contributed by atoms with Crippen LogP contribution in [0.2, 0.25) is 5.02 Å². The Hall–Kier alpha value is -3.69. The molecule has 0 aliphatic heterocycles. The van der Waals surface area contributed by atoms with E-state index < -0.39 is 5.91 Å². The van der Waals surface area contributed by atoms with Crippen LogP contribution in [0.15, 0.2) is 66.9 Å². The molecule has 0 fully saturated rings. The van der Waals surface area contributed by atoms with Gasteiger partial charge in [0.1, 0.15) is 5.69 Å². The first-order valence-corrected chi connectivity index (χ1v) is 9.13. The fourth-order valence-electron chi connectivity index (χ4n) is 2.78. The number of hydrogen-bond acceptors (Lipinski definition) is 4. The molecule has 0 bridgehead atoms. The lowest BCUT2D eigenvalue weighted by atomic mass is 10.1. The molecule has 29 heavy (non-hydrogen) atoms. The number of hydrogen-bond donors (Lipinski definition) is 1. The van der Waals surface area contributed by atoms with Gasteiger partial charge in [-0.05, 0) is 42.0 Å². The summed E-state index contributed by atoms with van der Waals surface area (Å²) < 4.78 is 0. The van der Waals surface area contributed by atoms with Crippen molar-refractivity contribution < 1.29 is 9.59 Å². The molecule has 6 nitrogen and oxygen atoms in total. The Balaban J connectivity index is 1.82. The minimum atomic E-state index is -0.393. The molecule has 0 unspecified atom stereocenters. The lowest BCUT2D eigenvalue weighted by Crippen LogP contribution is -2.27. The second-order valence-electron chi connectivity index (χ2n) is 6.30. The summed E-state index contributed by atoms with van der Waals surface area (Å²) in [5, 5.41) is 12.2. The predicted molar refractivity (Wildman–Crippen MR) is 111 cm³/mol. The quantitative estimate of drug-likeness (QED) is 0.692. The second-order valence-corrected chi connectivity index (χ2v) is 6.70. The molecule has 1 heterocycles. The predicted octanol–water partition coefficient (Wildman–Crippen LogP) is 4.13. The van der Waals surface area contributed by atoms with Crippen molar-refractivity contribution in [1.29, 1.82) is 5.26 Å². The lowest BCUT2D eigenvalue weighted by Gasteiger charge is -2.20. The van der Waals surface area contributed by atoms with Crippen molar-refractivity contribution in [3.63, 3.8) is 0 Å². The molecule has 0 aliphatic carbocycles. The van der Waals surface area contributed by atoms with Gasteiger partial charge in [0, 0.05) is 25.4 Å². The van der Waals surface area contributed by atoms with Crippen LogP contribution in [0.25, 0.3) is 0 Å². The van der Waals surface area contributed by atoms with E-state index >= 15 is 0 Å². The summed E-state index contributed by atoms with van der Waals surface area (Å²) in [4.78, 5) is 30.8. The number of nitriles is 1. The number of carbonyl (C=O) groups excluding carboxylic acids is 2. The minimum Gasteiger partial charge on any atom is -0.337 e. The molecular weight excluding hydrogens is 388 g/mol. The number of para-hydroxylation sites is 1. The van der Waals surface area contributed by atoms with Gasteiger partial charge in [0.25, 0.3) is 11.8 Å². The van der Waals surface area contributed by atoms with Gasteiger partial charge in [-0.25, -0.2) is 0 Å². The first-order valence-electron chi connectivity index (χ1n) is 8.75. The number of rotatable bonds is 5. The first-order chi connectivity index (χ1) is 14.0. The number of halogens is 1. The third kappa shape index (κ3) is 4.78. The van der Waals surface area contributed by atoms with Crippen molar-refractivity contribution in [1.82, 2.24) is 9.88 Å². The highest BCUT2D eigenvalue weighted by Gasteiger charge is 2.17. The number of pyridine rings is 1. The molecular formula is C22H17ClN4O2. The minimum absolute atomic E-state index is 0.216. The van der Waals surface area contributed by atoms with Crippen LogP contribution in [0, 0.1) is 11.3 Å². The average Bonchev–Trinajstić information content (AvgIpc) is 2.76. The standard InChI is InChI=1S/C22H17ClN4O2/c1-27(22(29)16-7-4-6-15(12-16)13-24)14-17-8-5-9-18(23)20(17)26-21(28)19-10-2-3-11-25-19/h2-12H,14H2,1H3,(H,26,28). The van der Waals surface area contributed by atoms with E-state index in [4.69, 9.17) is 16.9 Å². The Morgan fingerprint density at radius 2 is 1.93 bits per heavy atom. The third-order valence-electron chi connectivity index (χ3n) is 4.23. The highest BCUT2D eigenvalue weighted by Crippen LogP contribution is 2.27. The summed E-state index contributed by atoms with van der Waals surface area (Å²) in [6.07, 6.45) is 1.53. The van der Waals surface area contributed by atoms with Crippen molar-refractivity contribution >= 4 is 29.1 Å². The summed E-state index contributed by atoms with van der Waals surface area (Å²) >= 11 is 6.31. The highest BCUT2D eigenvalue weighted by atomic mass is 35.5. The zero-order valence-electron chi connectivity index (χ0n) is 15.6. The van der Waals surface area contributed by atoms with E-state index in [1.165, 1.54) is 11.1 Å². The van der Waals surface area contributed by atoms with Crippen LogP contribution in [-0.4, -0.2) is 28.7 Å². The van der Waals surface area contributed by atoms with Crippen molar-refractivity contribution in [3.05, 3.63) is 94.3 Å². The molecule has 3 rings (SSSR count). The van der Waals surface area contributed by atoms with Crippen molar-refractivity contribution in [2.75, 3.05) is 12.4 Å². The van der Waals surface area contributed by atoms with Gasteiger partial charge in [0.15, 0.2) is 0 Å². The number of nitrogens with zero attached hydrogens (tertiary/aromatic N) is 3. The molecule has 3 aromatic rings. The topological polar surface area (TPSA) is 86.1 Å². The van der Waals surface area contributed by atoms with Crippen LogP contribution in [0.5, 0.6) is 0 Å². The van der Waals surface area contributed by atoms with E-state index in [1.807, 2.05) is 6.07 Å². The summed E-state index contributed by atoms with van der Waals surface area (Å²) in [6.45, 7) is 0.216. The fraction of sp³-hybridized carbons (Fsp3) is 0.0909. The van der Waals surface area contributed by atoms with Gasteiger partial charge in [-0.2, -0.15) is 5.26 Å². The number of nitrogens with one attached hydrogen (secondary N) is 1. The zero-order chi connectivity index (χ0) is 20.8. The van der Waals surface area contributed by atoms with Gasteiger partial charge in [-0.1, -0.05) is 35.9 Å². The largest absolute Gasteiger partial charge is 0.337 e. The molecule has 1 N–H and O–H groups in total. The van der Waals surface area contributed by atoms with Crippen molar-refractivity contribution in [2.24, 2.45) is 0 Å². The average molecular weight is 405 g/mol. The van der Waals surface area contributed by atoms with Gasteiger partial charge < -0.3 is 10.2 Å². The number of benzene rings is 2. The Labute approximate surface area is 173 Å². The molecule has 0 atom stereocenters. The van der Waals surface area contributed by atoms with Crippen molar-refractivity contribution in [2.45, 2.75) is 6.54 Å². The van der Waals surface area contributed by atoms with Crippen LogP contribution in [0.4, 0.5) is 5.69 Å². The Morgan fingerprint density at radius 3 is 2.66 bits per heavy atom. The van der Waals surface area contributed by atoms with Gasteiger partial charge in [0.2, 0.25) is 0 Å². The third-order valence-corrected chi connectivity index (χ3v) is 4.54. The SMILES string of the molecule is CN(Cc1cccc(Cl)c1NC(=O)c1ccccn1)C(=O)c1cccc(C#N)c1. The molecule has 0 saturated heterocycles. The maximum absolute atomic E-state index is 12.7. The maximum Gasteiger partial charge on any atom is 0.274 e. The van der Waals surface area contributed by atoms with Crippen LogP contribution in [-0.2, 0) is 6.54 Å². The van der Waals surface area contributed by atoms with Crippen LogP contribution in [0.1, 0.15) is 32.0 Å². The fourth-order valence-corrected chi connectivity index (χ4v) is 3.03. The normalized spacial score (nSPS) is 10.1. The van der Waals surface area contributed by atoms with Crippen LogP contribution >= 0.6 is 11.6 Å². The molecule has 1 aromatic heterocycles. The van der Waals surface area contributed by atoms with E-state index in [-0.39, 0.29) is 18.1 Å². The van der Waals surface area contributed by atoms with E-state index in [2.05, 4.69) is 10.3 Å². The number of carbonyl (C=O) groups is 2. The van der Waals surface area contributed by atoms with Crippen molar-refractivity contribution in [3.8, 4) is 6.07 Å². The van der Waals surface area contributed by atoms with Gasteiger partial charge in [-0.15, -0.1) is 0 Å². The van der Waals surface area contributed by atoms with E-state index in [1.54, 1.807) is 67.7 Å². The van der Waals surface area contributed by atoms with E-state index in [0.717, 1.165) is 0 Å². The smallest absolute Gasteiger partial charge is 0.274 e. The summed E-state index contributed by atoms with van der Waals surface area (Å²) in [6, 6.07) is 18.8.